The predicted molar refractivity (Wildman–Crippen MR) is 55.3 cm³/mol. The molecule has 0 aromatic carbocycles. The molecular weight excluding hydrogens is 231 g/mol. The van der Waals surface area contributed by atoms with Gasteiger partial charge in [-0.15, -0.1) is 0 Å². The first kappa shape index (κ1) is 11.1. The van der Waals surface area contributed by atoms with E-state index < -0.39 is 11.9 Å². The number of rotatable bonds is 2. The highest BCUT2D eigenvalue weighted by Gasteiger charge is 2.48. The highest BCUT2D eigenvalue weighted by atomic mass is 19.4. The van der Waals surface area contributed by atoms with E-state index in [1.165, 1.54) is 0 Å². The fraction of sp³-hybridized carbons (Fsp3) is 0.727. The van der Waals surface area contributed by atoms with Crippen LogP contribution in [-0.2, 0) is 12.6 Å². The Morgan fingerprint density at radius 2 is 2.06 bits per heavy atom. The molecule has 2 heterocycles. The molecule has 0 bridgehead atoms. The van der Waals surface area contributed by atoms with Gasteiger partial charge in [-0.2, -0.15) is 18.3 Å². The molecule has 1 aliphatic carbocycles. The Balaban J connectivity index is 1.57. The molecule has 6 heteroatoms. The molecule has 0 atom stereocenters. The van der Waals surface area contributed by atoms with Gasteiger partial charge >= 0.3 is 6.18 Å². The lowest BCUT2D eigenvalue weighted by Crippen LogP contribution is -2.60. The van der Waals surface area contributed by atoms with Crippen molar-refractivity contribution in [3.8, 4) is 0 Å². The van der Waals surface area contributed by atoms with E-state index in [1.807, 2.05) is 0 Å². The summed E-state index contributed by atoms with van der Waals surface area (Å²) in [5, 5.41) is 9.04. The van der Waals surface area contributed by atoms with Crippen molar-refractivity contribution >= 4 is 0 Å². The number of aromatic amines is 1. The zero-order valence-electron chi connectivity index (χ0n) is 9.27. The van der Waals surface area contributed by atoms with E-state index in [0.29, 0.717) is 23.4 Å². The van der Waals surface area contributed by atoms with Crippen LogP contribution in [0.3, 0.4) is 0 Å². The van der Waals surface area contributed by atoms with Gasteiger partial charge < -0.3 is 5.32 Å². The Bertz CT molecular complexity index is 412. The minimum absolute atomic E-state index is 0.470. The maximum absolute atomic E-state index is 12.3. The van der Waals surface area contributed by atoms with E-state index >= 15 is 0 Å². The number of aromatic nitrogens is 2. The van der Waals surface area contributed by atoms with E-state index in [0.717, 1.165) is 32.0 Å². The molecule has 1 aromatic heterocycles. The molecule has 0 unspecified atom stereocenters. The number of alkyl halides is 3. The smallest absolute Gasteiger partial charge is 0.316 e. The summed E-state index contributed by atoms with van der Waals surface area (Å²) in [5.41, 5.74) is 0.258. The van der Waals surface area contributed by atoms with Crippen LogP contribution in [0.15, 0.2) is 6.07 Å². The normalized spacial score (nSPS) is 23.5. The minimum Gasteiger partial charge on any atom is -0.316 e. The molecule has 94 valence electrons. The average molecular weight is 245 g/mol. The van der Waals surface area contributed by atoms with Gasteiger partial charge in [-0.05, 0) is 36.7 Å². The average Bonchev–Trinajstić information content (AvgIpc) is 2.54. The number of hydrogen-bond donors (Lipinski definition) is 2. The van der Waals surface area contributed by atoms with Crippen molar-refractivity contribution in [2.75, 3.05) is 13.1 Å². The van der Waals surface area contributed by atoms with Crippen molar-refractivity contribution in [2.45, 2.75) is 25.4 Å². The van der Waals surface area contributed by atoms with Gasteiger partial charge in [0.1, 0.15) is 0 Å². The van der Waals surface area contributed by atoms with Crippen LogP contribution in [0.25, 0.3) is 0 Å². The van der Waals surface area contributed by atoms with Crippen LogP contribution in [-0.4, -0.2) is 23.3 Å². The molecule has 3 rings (SSSR count). The van der Waals surface area contributed by atoms with Crippen LogP contribution < -0.4 is 5.32 Å². The second kappa shape index (κ2) is 3.48. The predicted octanol–water partition coefficient (Wildman–Crippen LogP) is 1.97. The lowest BCUT2D eigenvalue weighted by Gasteiger charge is -2.54. The van der Waals surface area contributed by atoms with Crippen LogP contribution in [0.5, 0.6) is 0 Å². The van der Waals surface area contributed by atoms with Crippen molar-refractivity contribution in [1.29, 1.82) is 0 Å². The second-order valence-electron chi connectivity index (χ2n) is 5.36. The number of H-pyrrole nitrogens is 1. The summed E-state index contributed by atoms with van der Waals surface area (Å²) in [5.74, 6) is 0.513. The first-order valence-corrected chi connectivity index (χ1v) is 5.79. The molecule has 1 saturated heterocycles. The third-order valence-corrected chi connectivity index (χ3v) is 3.87. The van der Waals surface area contributed by atoms with Crippen LogP contribution in [0.2, 0.25) is 0 Å². The largest absolute Gasteiger partial charge is 0.435 e. The van der Waals surface area contributed by atoms with Gasteiger partial charge in [0.15, 0.2) is 5.69 Å². The monoisotopic (exact) mass is 245 g/mol. The zero-order valence-corrected chi connectivity index (χ0v) is 9.27. The number of nitrogens with zero attached hydrogens (tertiary/aromatic N) is 1. The van der Waals surface area contributed by atoms with Crippen molar-refractivity contribution in [3.05, 3.63) is 17.5 Å². The molecule has 1 aromatic rings. The van der Waals surface area contributed by atoms with Gasteiger partial charge in [0.25, 0.3) is 0 Å². The van der Waals surface area contributed by atoms with E-state index in [-0.39, 0.29) is 0 Å². The van der Waals surface area contributed by atoms with Gasteiger partial charge in [0.05, 0.1) is 0 Å². The van der Waals surface area contributed by atoms with Gasteiger partial charge in [-0.25, -0.2) is 0 Å². The SMILES string of the molecule is FC(F)(F)c1cc(CC2CC3(CNC3)C2)[nH]n1. The molecule has 0 radical (unpaired) electrons. The fourth-order valence-electron chi connectivity index (χ4n) is 3.00. The Morgan fingerprint density at radius 3 is 2.53 bits per heavy atom. The van der Waals surface area contributed by atoms with E-state index in [4.69, 9.17) is 0 Å². The molecule has 2 aliphatic rings. The molecule has 1 aliphatic heterocycles. The summed E-state index contributed by atoms with van der Waals surface area (Å²) in [7, 11) is 0. The van der Waals surface area contributed by atoms with Crippen LogP contribution in [0, 0.1) is 11.3 Å². The van der Waals surface area contributed by atoms with Crippen LogP contribution >= 0.6 is 0 Å². The molecule has 1 saturated carbocycles. The minimum atomic E-state index is -4.34. The van der Waals surface area contributed by atoms with Gasteiger partial charge in [0, 0.05) is 18.8 Å². The Hall–Kier alpha value is -1.04. The first-order valence-electron chi connectivity index (χ1n) is 5.79. The van der Waals surface area contributed by atoms with E-state index in [9.17, 15) is 13.2 Å². The standard InChI is InChI=1S/C11H14F3N3/c12-11(13,14)9-2-8(16-17-9)1-7-3-10(4-7)5-15-6-10/h2,7,15H,1,3-6H2,(H,16,17). The summed E-state index contributed by atoms with van der Waals surface area (Å²) in [6, 6.07) is 1.13. The molecule has 3 nitrogen and oxygen atoms in total. The lowest BCUT2D eigenvalue weighted by atomic mass is 9.57. The highest BCUT2D eigenvalue weighted by Crippen LogP contribution is 2.49. The van der Waals surface area contributed by atoms with E-state index in [2.05, 4.69) is 15.5 Å². The van der Waals surface area contributed by atoms with Crippen molar-refractivity contribution in [1.82, 2.24) is 15.5 Å². The number of hydrogen-bond acceptors (Lipinski definition) is 2. The molecular formula is C11H14F3N3. The zero-order chi connectivity index (χ0) is 12.1. The Morgan fingerprint density at radius 1 is 1.35 bits per heavy atom. The quantitative estimate of drug-likeness (QED) is 0.836. The second-order valence-corrected chi connectivity index (χ2v) is 5.36. The first-order chi connectivity index (χ1) is 7.97. The van der Waals surface area contributed by atoms with Crippen molar-refractivity contribution in [2.24, 2.45) is 11.3 Å². The fourth-order valence-corrected chi connectivity index (χ4v) is 3.00. The molecule has 2 fully saturated rings. The maximum atomic E-state index is 12.3. The van der Waals surface area contributed by atoms with Crippen LogP contribution in [0.4, 0.5) is 13.2 Å². The van der Waals surface area contributed by atoms with Crippen molar-refractivity contribution in [3.63, 3.8) is 0 Å². The summed E-state index contributed by atoms with van der Waals surface area (Å²) in [6.07, 6.45) is -1.40. The molecule has 0 amide bonds. The van der Waals surface area contributed by atoms with Gasteiger partial charge in [-0.3, -0.25) is 5.10 Å². The Labute approximate surface area is 96.8 Å². The third kappa shape index (κ3) is 1.94. The van der Waals surface area contributed by atoms with Crippen molar-refractivity contribution < 1.29 is 13.2 Å². The molecule has 2 N–H and O–H groups in total. The number of nitrogens with one attached hydrogen (secondary N) is 2. The summed E-state index contributed by atoms with van der Waals surface area (Å²) in [4.78, 5) is 0. The third-order valence-electron chi connectivity index (χ3n) is 3.87. The lowest BCUT2D eigenvalue weighted by molar-refractivity contribution is -0.141. The van der Waals surface area contributed by atoms with E-state index in [1.54, 1.807) is 0 Å². The summed E-state index contributed by atoms with van der Waals surface area (Å²) >= 11 is 0. The number of halogens is 3. The maximum Gasteiger partial charge on any atom is 0.435 e. The van der Waals surface area contributed by atoms with Gasteiger partial charge in [-0.1, -0.05) is 0 Å². The molecule has 17 heavy (non-hydrogen) atoms. The van der Waals surface area contributed by atoms with Crippen LogP contribution in [0.1, 0.15) is 24.2 Å². The summed E-state index contributed by atoms with van der Waals surface area (Å²) in [6.45, 7) is 2.14. The highest BCUT2D eigenvalue weighted by molar-refractivity contribution is 5.14. The Kier molecular flexibility index (Phi) is 2.26. The summed E-state index contributed by atoms with van der Waals surface area (Å²) < 4.78 is 37.0. The van der Waals surface area contributed by atoms with Gasteiger partial charge in [0.2, 0.25) is 0 Å². The topological polar surface area (TPSA) is 40.7 Å². The molecule has 1 spiro atoms.